The van der Waals surface area contributed by atoms with Crippen LogP contribution in [0, 0.1) is 0 Å². The van der Waals surface area contributed by atoms with Crippen LogP contribution in [0.15, 0.2) is 30.5 Å². The highest BCUT2D eigenvalue weighted by Crippen LogP contribution is 2.29. The van der Waals surface area contributed by atoms with Gasteiger partial charge in [0.2, 0.25) is 5.95 Å². The Balaban J connectivity index is 2.03. The maximum Gasteiger partial charge on any atom is 0.222 e. The van der Waals surface area contributed by atoms with Gasteiger partial charge in [-0.05, 0) is 29.8 Å². The van der Waals surface area contributed by atoms with Gasteiger partial charge in [-0.2, -0.15) is 0 Å². The molecule has 0 spiro atoms. The zero-order chi connectivity index (χ0) is 11.7. The molecule has 17 heavy (non-hydrogen) atoms. The fraction of sp³-hybridized carbons (Fsp3) is 0.231. The minimum atomic E-state index is 0.638. The van der Waals surface area contributed by atoms with E-state index in [1.807, 2.05) is 25.2 Å². The average molecular weight is 227 g/mol. The second-order valence-electron chi connectivity index (χ2n) is 3.94. The Morgan fingerprint density at radius 2 is 2.24 bits per heavy atom. The zero-order valence-corrected chi connectivity index (χ0v) is 9.60. The largest absolute Gasteiger partial charge is 0.493 e. The van der Waals surface area contributed by atoms with Gasteiger partial charge in [0, 0.05) is 25.2 Å². The first-order valence-corrected chi connectivity index (χ1v) is 5.64. The van der Waals surface area contributed by atoms with Crippen molar-refractivity contribution < 1.29 is 4.74 Å². The first kappa shape index (κ1) is 10.1. The number of ether oxygens (including phenoxy) is 1. The second kappa shape index (κ2) is 4.05. The number of nitrogens with one attached hydrogen (secondary N) is 1. The maximum absolute atomic E-state index is 5.49. The average Bonchev–Trinajstić information content (AvgIpc) is 2.86. The molecule has 1 aliphatic rings. The molecule has 0 radical (unpaired) electrons. The van der Waals surface area contributed by atoms with Crippen LogP contribution in [0.25, 0.3) is 11.3 Å². The first-order valence-electron chi connectivity index (χ1n) is 5.64. The SMILES string of the molecule is CNc1nccc(-c2ccc3c(c2)CCO3)n1. The summed E-state index contributed by atoms with van der Waals surface area (Å²) in [5.41, 5.74) is 3.29. The molecule has 86 valence electrons. The molecule has 4 nitrogen and oxygen atoms in total. The van der Waals surface area contributed by atoms with E-state index in [0.717, 1.165) is 30.0 Å². The number of rotatable bonds is 2. The molecule has 0 bridgehead atoms. The third-order valence-electron chi connectivity index (χ3n) is 2.86. The Kier molecular flexibility index (Phi) is 2.40. The summed E-state index contributed by atoms with van der Waals surface area (Å²) in [6.45, 7) is 0.782. The molecule has 0 amide bonds. The lowest BCUT2D eigenvalue weighted by molar-refractivity contribution is 0.357. The highest BCUT2D eigenvalue weighted by Gasteiger charge is 2.13. The quantitative estimate of drug-likeness (QED) is 0.853. The van der Waals surface area contributed by atoms with Gasteiger partial charge in [-0.3, -0.25) is 0 Å². The minimum Gasteiger partial charge on any atom is -0.493 e. The van der Waals surface area contributed by atoms with Crippen molar-refractivity contribution in [1.29, 1.82) is 0 Å². The summed E-state index contributed by atoms with van der Waals surface area (Å²) in [5, 5.41) is 2.94. The predicted molar refractivity (Wildman–Crippen MR) is 66.2 cm³/mol. The zero-order valence-electron chi connectivity index (χ0n) is 9.60. The number of hydrogen-bond acceptors (Lipinski definition) is 4. The maximum atomic E-state index is 5.49. The van der Waals surface area contributed by atoms with Crippen LogP contribution < -0.4 is 10.1 Å². The van der Waals surface area contributed by atoms with E-state index in [0.29, 0.717) is 5.95 Å². The van der Waals surface area contributed by atoms with Gasteiger partial charge < -0.3 is 10.1 Å². The predicted octanol–water partition coefficient (Wildman–Crippen LogP) is 2.12. The van der Waals surface area contributed by atoms with Crippen LogP contribution in [0.5, 0.6) is 5.75 Å². The molecule has 3 rings (SSSR count). The van der Waals surface area contributed by atoms with Crippen LogP contribution >= 0.6 is 0 Å². The van der Waals surface area contributed by atoms with Crippen LogP contribution in [0.4, 0.5) is 5.95 Å². The lowest BCUT2D eigenvalue weighted by Crippen LogP contribution is -1.96. The first-order chi connectivity index (χ1) is 8.36. The van der Waals surface area contributed by atoms with Gasteiger partial charge in [0.05, 0.1) is 12.3 Å². The smallest absolute Gasteiger partial charge is 0.222 e. The van der Waals surface area contributed by atoms with E-state index in [9.17, 15) is 0 Å². The van der Waals surface area contributed by atoms with Crippen molar-refractivity contribution in [1.82, 2.24) is 9.97 Å². The van der Waals surface area contributed by atoms with Crippen molar-refractivity contribution in [3.63, 3.8) is 0 Å². The lowest BCUT2D eigenvalue weighted by atomic mass is 10.1. The summed E-state index contributed by atoms with van der Waals surface area (Å²) in [5.74, 6) is 1.64. The summed E-state index contributed by atoms with van der Waals surface area (Å²) in [4.78, 5) is 8.53. The third-order valence-corrected chi connectivity index (χ3v) is 2.86. The van der Waals surface area contributed by atoms with Crippen molar-refractivity contribution in [3.8, 4) is 17.0 Å². The van der Waals surface area contributed by atoms with E-state index in [-0.39, 0.29) is 0 Å². The molecule has 0 fully saturated rings. The Hall–Kier alpha value is -2.10. The number of aromatic nitrogens is 2. The molecule has 0 saturated heterocycles. The molecule has 1 aliphatic heterocycles. The van der Waals surface area contributed by atoms with Crippen molar-refractivity contribution in [2.45, 2.75) is 6.42 Å². The summed E-state index contributed by atoms with van der Waals surface area (Å²) in [6, 6.07) is 8.10. The van der Waals surface area contributed by atoms with Crippen molar-refractivity contribution in [2.24, 2.45) is 0 Å². The molecule has 1 N–H and O–H groups in total. The Morgan fingerprint density at radius 1 is 1.29 bits per heavy atom. The number of nitrogens with zero attached hydrogens (tertiary/aromatic N) is 2. The van der Waals surface area contributed by atoms with Crippen molar-refractivity contribution in [3.05, 3.63) is 36.0 Å². The van der Waals surface area contributed by atoms with E-state index in [1.165, 1.54) is 5.56 Å². The van der Waals surface area contributed by atoms with Crippen LogP contribution in [0.1, 0.15) is 5.56 Å². The van der Waals surface area contributed by atoms with Gasteiger partial charge in [0.1, 0.15) is 5.75 Å². The molecule has 1 aromatic carbocycles. The highest BCUT2D eigenvalue weighted by molar-refractivity contribution is 5.63. The monoisotopic (exact) mass is 227 g/mol. The molecule has 0 atom stereocenters. The van der Waals surface area contributed by atoms with Gasteiger partial charge in [-0.15, -0.1) is 0 Å². The summed E-state index contributed by atoms with van der Waals surface area (Å²) in [6.07, 6.45) is 2.74. The Bertz CT molecular complexity index is 554. The Morgan fingerprint density at radius 3 is 3.12 bits per heavy atom. The molecule has 2 aromatic rings. The minimum absolute atomic E-state index is 0.638. The van der Waals surface area contributed by atoms with Crippen LogP contribution in [-0.4, -0.2) is 23.6 Å². The number of hydrogen-bond donors (Lipinski definition) is 1. The molecule has 0 unspecified atom stereocenters. The fourth-order valence-corrected chi connectivity index (χ4v) is 1.99. The normalized spacial score (nSPS) is 13.0. The number of anilines is 1. The van der Waals surface area contributed by atoms with Gasteiger partial charge in [-0.1, -0.05) is 0 Å². The molecule has 4 heteroatoms. The second-order valence-corrected chi connectivity index (χ2v) is 3.94. The lowest BCUT2D eigenvalue weighted by Gasteiger charge is -2.05. The summed E-state index contributed by atoms with van der Waals surface area (Å²) < 4.78 is 5.49. The van der Waals surface area contributed by atoms with E-state index < -0.39 is 0 Å². The van der Waals surface area contributed by atoms with E-state index in [1.54, 1.807) is 6.20 Å². The summed E-state index contributed by atoms with van der Waals surface area (Å²) in [7, 11) is 1.82. The molecular formula is C13H13N3O. The molecule has 0 saturated carbocycles. The van der Waals surface area contributed by atoms with E-state index in [4.69, 9.17) is 4.74 Å². The van der Waals surface area contributed by atoms with E-state index >= 15 is 0 Å². The standard InChI is InChI=1S/C13H13N3O/c1-14-13-15-6-4-11(16-13)9-2-3-12-10(8-9)5-7-17-12/h2-4,6,8H,5,7H2,1H3,(H,14,15,16). The van der Waals surface area contributed by atoms with Gasteiger partial charge in [-0.25, -0.2) is 9.97 Å². The summed E-state index contributed by atoms with van der Waals surface area (Å²) >= 11 is 0. The number of benzene rings is 1. The van der Waals surface area contributed by atoms with Gasteiger partial charge in [0.15, 0.2) is 0 Å². The van der Waals surface area contributed by atoms with Crippen molar-refractivity contribution >= 4 is 5.95 Å². The molecule has 2 heterocycles. The van der Waals surface area contributed by atoms with Gasteiger partial charge in [0.25, 0.3) is 0 Å². The van der Waals surface area contributed by atoms with Crippen molar-refractivity contribution in [2.75, 3.05) is 19.0 Å². The third kappa shape index (κ3) is 1.82. The fourth-order valence-electron chi connectivity index (χ4n) is 1.99. The Labute approximate surface area is 99.7 Å². The van der Waals surface area contributed by atoms with Crippen LogP contribution in [0.3, 0.4) is 0 Å². The van der Waals surface area contributed by atoms with E-state index in [2.05, 4.69) is 21.4 Å². The topological polar surface area (TPSA) is 47.0 Å². The number of fused-ring (bicyclic) bond motifs is 1. The molecular weight excluding hydrogens is 214 g/mol. The molecule has 1 aromatic heterocycles. The highest BCUT2D eigenvalue weighted by atomic mass is 16.5. The van der Waals surface area contributed by atoms with Crippen LogP contribution in [-0.2, 0) is 6.42 Å². The molecule has 0 aliphatic carbocycles. The van der Waals surface area contributed by atoms with Crippen LogP contribution in [0.2, 0.25) is 0 Å². The van der Waals surface area contributed by atoms with Gasteiger partial charge >= 0.3 is 0 Å².